The zero-order valence-corrected chi connectivity index (χ0v) is 17.9. The fourth-order valence-corrected chi connectivity index (χ4v) is 4.63. The molecule has 0 bridgehead atoms. The Labute approximate surface area is 182 Å². The van der Waals surface area contributed by atoms with E-state index in [4.69, 9.17) is 16.3 Å². The second-order valence-electron chi connectivity index (χ2n) is 8.34. The molecule has 1 N–H and O–H groups in total. The Balaban J connectivity index is 1.58. The largest absolute Gasteiger partial charge is 0.353 e. The molecule has 1 saturated heterocycles. The SMILES string of the molecule is CC1CCC2(CC1)OC[C@H](C(=O)NCc1ccccc1)N2C(=O)c1cccc(Cl)c1. The molecular formula is C24H27ClN2O3. The molecule has 1 aliphatic carbocycles. The number of benzene rings is 2. The highest BCUT2D eigenvalue weighted by Gasteiger charge is 2.53. The number of carbonyl (C=O) groups is 2. The lowest BCUT2D eigenvalue weighted by Gasteiger charge is -2.43. The lowest BCUT2D eigenvalue weighted by Crippen LogP contribution is -2.56. The van der Waals surface area contributed by atoms with E-state index in [2.05, 4.69) is 12.2 Å². The van der Waals surface area contributed by atoms with E-state index in [0.29, 0.717) is 23.0 Å². The summed E-state index contributed by atoms with van der Waals surface area (Å²) in [6.45, 7) is 2.84. The van der Waals surface area contributed by atoms with E-state index >= 15 is 0 Å². The molecule has 2 aliphatic rings. The normalized spacial score (nSPS) is 26.0. The van der Waals surface area contributed by atoms with E-state index in [-0.39, 0.29) is 18.4 Å². The van der Waals surface area contributed by atoms with E-state index in [1.165, 1.54) is 0 Å². The molecule has 1 heterocycles. The van der Waals surface area contributed by atoms with Crippen molar-refractivity contribution in [3.8, 4) is 0 Å². The van der Waals surface area contributed by atoms with Crippen LogP contribution >= 0.6 is 11.6 Å². The minimum absolute atomic E-state index is 0.190. The van der Waals surface area contributed by atoms with Gasteiger partial charge in [0.25, 0.3) is 5.91 Å². The first-order chi connectivity index (χ1) is 14.5. The van der Waals surface area contributed by atoms with Crippen molar-refractivity contribution < 1.29 is 14.3 Å². The third-order valence-electron chi connectivity index (χ3n) is 6.22. The van der Waals surface area contributed by atoms with Crippen molar-refractivity contribution >= 4 is 23.4 Å². The van der Waals surface area contributed by atoms with Gasteiger partial charge in [-0.1, -0.05) is 54.9 Å². The van der Waals surface area contributed by atoms with Crippen LogP contribution in [0.3, 0.4) is 0 Å². The summed E-state index contributed by atoms with van der Waals surface area (Å²) in [7, 11) is 0. The smallest absolute Gasteiger partial charge is 0.256 e. The van der Waals surface area contributed by atoms with Gasteiger partial charge in [-0.3, -0.25) is 14.5 Å². The number of hydrogen-bond donors (Lipinski definition) is 1. The molecule has 1 aliphatic heterocycles. The molecule has 0 unspecified atom stereocenters. The average Bonchev–Trinajstić information content (AvgIpc) is 3.13. The molecular weight excluding hydrogens is 400 g/mol. The predicted molar refractivity (Wildman–Crippen MR) is 116 cm³/mol. The van der Waals surface area contributed by atoms with Crippen LogP contribution in [0.15, 0.2) is 54.6 Å². The topological polar surface area (TPSA) is 58.6 Å². The Morgan fingerprint density at radius 1 is 1.13 bits per heavy atom. The molecule has 2 fully saturated rings. The van der Waals surface area contributed by atoms with Crippen LogP contribution in [-0.4, -0.2) is 35.1 Å². The number of hydrogen-bond acceptors (Lipinski definition) is 3. The molecule has 1 saturated carbocycles. The Hall–Kier alpha value is -2.37. The molecule has 158 valence electrons. The molecule has 2 amide bonds. The summed E-state index contributed by atoms with van der Waals surface area (Å²) in [5.74, 6) is 0.197. The van der Waals surface area contributed by atoms with Crippen molar-refractivity contribution in [1.82, 2.24) is 10.2 Å². The van der Waals surface area contributed by atoms with Crippen LogP contribution in [-0.2, 0) is 16.1 Å². The monoisotopic (exact) mass is 426 g/mol. The summed E-state index contributed by atoms with van der Waals surface area (Å²) in [6, 6.07) is 16.0. The molecule has 1 spiro atoms. The van der Waals surface area contributed by atoms with Crippen LogP contribution < -0.4 is 5.32 Å². The average molecular weight is 427 g/mol. The second-order valence-corrected chi connectivity index (χ2v) is 8.78. The Morgan fingerprint density at radius 2 is 1.87 bits per heavy atom. The van der Waals surface area contributed by atoms with Gasteiger partial charge in [-0.15, -0.1) is 0 Å². The maximum atomic E-state index is 13.6. The van der Waals surface area contributed by atoms with E-state index in [0.717, 1.165) is 31.2 Å². The summed E-state index contributed by atoms with van der Waals surface area (Å²) in [5.41, 5.74) is 0.770. The van der Waals surface area contributed by atoms with Crippen molar-refractivity contribution in [2.24, 2.45) is 5.92 Å². The summed E-state index contributed by atoms with van der Waals surface area (Å²) in [4.78, 5) is 28.3. The van der Waals surface area contributed by atoms with Crippen LogP contribution in [0, 0.1) is 5.92 Å². The first-order valence-electron chi connectivity index (χ1n) is 10.5. The van der Waals surface area contributed by atoms with Crippen molar-refractivity contribution in [3.63, 3.8) is 0 Å². The van der Waals surface area contributed by atoms with Crippen LogP contribution in [0.5, 0.6) is 0 Å². The standard InChI is InChI=1S/C24H27ClN2O3/c1-17-10-12-24(13-11-17)27(23(29)19-8-5-9-20(25)14-19)21(16-30-24)22(28)26-15-18-6-3-2-4-7-18/h2-9,14,17,21H,10-13,15-16H2,1H3,(H,26,28)/t17?,21-,24?/m1/s1. The second kappa shape index (κ2) is 8.78. The minimum Gasteiger partial charge on any atom is -0.353 e. The van der Waals surface area contributed by atoms with E-state index in [9.17, 15) is 9.59 Å². The lowest BCUT2D eigenvalue weighted by molar-refractivity contribution is -0.128. The van der Waals surface area contributed by atoms with E-state index in [1.54, 1.807) is 29.2 Å². The zero-order chi connectivity index (χ0) is 21.1. The van der Waals surface area contributed by atoms with E-state index < -0.39 is 11.8 Å². The molecule has 4 rings (SSSR count). The van der Waals surface area contributed by atoms with Crippen LogP contribution in [0.25, 0.3) is 0 Å². The molecule has 30 heavy (non-hydrogen) atoms. The first kappa shape index (κ1) is 20.9. The van der Waals surface area contributed by atoms with Crippen molar-refractivity contribution in [2.75, 3.05) is 6.61 Å². The molecule has 2 aromatic rings. The van der Waals surface area contributed by atoms with Crippen molar-refractivity contribution in [1.29, 1.82) is 0 Å². The van der Waals surface area contributed by atoms with Gasteiger partial charge in [0.2, 0.25) is 5.91 Å². The van der Waals surface area contributed by atoms with Gasteiger partial charge in [0.1, 0.15) is 11.8 Å². The highest BCUT2D eigenvalue weighted by atomic mass is 35.5. The Morgan fingerprint density at radius 3 is 2.57 bits per heavy atom. The predicted octanol–water partition coefficient (Wildman–Crippen LogP) is 4.40. The van der Waals surface area contributed by atoms with Gasteiger partial charge in [-0.2, -0.15) is 0 Å². The van der Waals surface area contributed by atoms with Crippen LogP contribution in [0.1, 0.15) is 48.5 Å². The zero-order valence-electron chi connectivity index (χ0n) is 17.1. The van der Waals surface area contributed by atoms with E-state index in [1.807, 2.05) is 30.3 Å². The van der Waals surface area contributed by atoms with Gasteiger partial charge < -0.3 is 10.1 Å². The van der Waals surface area contributed by atoms with Crippen molar-refractivity contribution in [2.45, 2.75) is 50.9 Å². The fourth-order valence-electron chi connectivity index (χ4n) is 4.44. The maximum Gasteiger partial charge on any atom is 0.256 e. The van der Waals surface area contributed by atoms with Gasteiger partial charge in [0.15, 0.2) is 0 Å². The lowest BCUT2D eigenvalue weighted by atomic mass is 9.83. The summed E-state index contributed by atoms with van der Waals surface area (Å²) in [5, 5.41) is 3.48. The number of rotatable bonds is 4. The first-order valence-corrected chi connectivity index (χ1v) is 10.9. The number of ether oxygens (including phenoxy) is 1. The molecule has 0 radical (unpaired) electrons. The van der Waals surface area contributed by atoms with Gasteiger partial charge in [-0.25, -0.2) is 0 Å². The summed E-state index contributed by atoms with van der Waals surface area (Å²) in [6.07, 6.45) is 3.42. The van der Waals surface area contributed by atoms with Gasteiger partial charge in [-0.05, 0) is 55.4 Å². The number of nitrogens with zero attached hydrogens (tertiary/aromatic N) is 1. The van der Waals surface area contributed by atoms with Crippen molar-refractivity contribution in [3.05, 3.63) is 70.7 Å². The van der Waals surface area contributed by atoms with Crippen LogP contribution in [0.4, 0.5) is 0 Å². The van der Waals surface area contributed by atoms with Gasteiger partial charge >= 0.3 is 0 Å². The van der Waals surface area contributed by atoms with Crippen LogP contribution in [0.2, 0.25) is 5.02 Å². The minimum atomic E-state index is -0.722. The highest BCUT2D eigenvalue weighted by molar-refractivity contribution is 6.31. The number of halogens is 1. The molecule has 2 aromatic carbocycles. The quantitative estimate of drug-likeness (QED) is 0.788. The number of amides is 2. The molecule has 5 nitrogen and oxygen atoms in total. The Bertz CT molecular complexity index is 910. The third kappa shape index (κ3) is 4.23. The number of carbonyl (C=O) groups excluding carboxylic acids is 2. The number of nitrogens with one attached hydrogen (secondary N) is 1. The van der Waals surface area contributed by atoms with Gasteiger partial charge in [0, 0.05) is 17.1 Å². The van der Waals surface area contributed by atoms with Gasteiger partial charge in [0.05, 0.1) is 6.61 Å². The molecule has 6 heteroatoms. The Kier molecular flexibility index (Phi) is 6.11. The summed E-state index contributed by atoms with van der Waals surface area (Å²) < 4.78 is 6.21. The molecule has 0 aromatic heterocycles. The fraction of sp³-hybridized carbons (Fsp3) is 0.417. The third-order valence-corrected chi connectivity index (χ3v) is 6.45. The molecule has 1 atom stereocenters. The highest BCUT2D eigenvalue weighted by Crippen LogP contribution is 2.43. The maximum absolute atomic E-state index is 13.6. The summed E-state index contributed by atoms with van der Waals surface area (Å²) >= 11 is 6.13.